The third kappa shape index (κ3) is 12.1. The van der Waals surface area contributed by atoms with Crippen molar-refractivity contribution >= 4 is 67.0 Å². The Balaban J connectivity index is 0.000000186. The standard InChI is InChI=1S/C26H38BN3O3Si.C24H31N5OSi.C4H5BrN2/c1-18-14-21(27-32-25(5,6)26(7,8)33-27)20-16-28-30(22(20)15-18)23-13-11-12-19(29-23)17-31-34(9,10)24(2,3)4;1-17-13-19(21-11-12-28(5)27-21)20-15-25-29(22(20)14-17)23-10-8-9-18(26-23)16-30-31(6,7)24(2,3)4;1-7-3-2-4(5)6-7/h11-16H,17H2,1-10H3;8-15H,16H2,1-7H3;2-3H,1H3. The lowest BCUT2D eigenvalue weighted by Gasteiger charge is -2.36. The predicted octanol–water partition coefficient (Wildman–Crippen LogP) is 12.4. The summed E-state index contributed by atoms with van der Waals surface area (Å²) in [5.41, 5.74) is 8.34. The zero-order valence-electron chi connectivity index (χ0n) is 45.7. The lowest BCUT2D eigenvalue weighted by atomic mass is 9.76. The molecule has 1 fully saturated rings. The number of fused-ring (bicyclic) bond motifs is 2. The van der Waals surface area contributed by atoms with Crippen LogP contribution in [-0.2, 0) is 45.5 Å². The summed E-state index contributed by atoms with van der Waals surface area (Å²) in [7, 11) is -0.327. The number of pyridine rings is 2. The molecule has 0 radical (unpaired) electrons. The van der Waals surface area contributed by atoms with Gasteiger partial charge in [-0.1, -0.05) is 59.7 Å². The number of benzene rings is 2. The minimum absolute atomic E-state index is 0.157. The fourth-order valence-corrected chi connectivity index (χ4v) is 9.78. The van der Waals surface area contributed by atoms with E-state index in [2.05, 4.69) is 165 Å². The Morgan fingerprint density at radius 2 is 1.08 bits per heavy atom. The highest BCUT2D eigenvalue weighted by Crippen LogP contribution is 2.39. The van der Waals surface area contributed by atoms with Gasteiger partial charge in [-0.05, 0) is 165 Å². The van der Waals surface area contributed by atoms with Crippen LogP contribution in [-0.4, -0.2) is 84.0 Å². The molecule has 2 aromatic carbocycles. The van der Waals surface area contributed by atoms with E-state index in [-0.39, 0.29) is 10.1 Å². The maximum absolute atomic E-state index is 6.40. The average Bonchev–Trinajstić information content (AvgIpc) is 4.13. The minimum Gasteiger partial charge on any atom is -0.411 e. The molecule has 0 N–H and O–H groups in total. The molecule has 0 aliphatic carbocycles. The number of aromatic nitrogens is 10. The van der Waals surface area contributed by atoms with E-state index < -0.39 is 35.0 Å². The number of nitrogens with zero attached hydrogens (tertiary/aromatic N) is 10. The summed E-state index contributed by atoms with van der Waals surface area (Å²) in [5, 5.41) is 20.3. The van der Waals surface area contributed by atoms with Crippen LogP contribution >= 0.6 is 15.9 Å². The van der Waals surface area contributed by atoms with Gasteiger partial charge in [0.1, 0.15) is 4.60 Å². The molecule has 0 bridgehead atoms. The van der Waals surface area contributed by atoms with Crippen molar-refractivity contribution in [1.82, 2.24) is 49.1 Å². The van der Waals surface area contributed by atoms with Crippen LogP contribution in [0.4, 0.5) is 0 Å². The Morgan fingerprint density at radius 3 is 1.51 bits per heavy atom. The second-order valence-electron chi connectivity index (χ2n) is 23.0. The summed E-state index contributed by atoms with van der Waals surface area (Å²) in [6.45, 7) is 36.0. The van der Waals surface area contributed by atoms with Crippen molar-refractivity contribution in [3.05, 3.63) is 125 Å². The van der Waals surface area contributed by atoms with Crippen molar-refractivity contribution in [3.8, 4) is 22.9 Å². The molecular formula is C54H74BBrN10O4Si2. The van der Waals surface area contributed by atoms with Gasteiger partial charge in [0.25, 0.3) is 0 Å². The van der Waals surface area contributed by atoms with Gasteiger partial charge in [0, 0.05) is 42.8 Å². The molecule has 9 rings (SSSR count). The maximum Gasteiger partial charge on any atom is 0.495 e. The highest BCUT2D eigenvalue weighted by atomic mass is 79.9. The first-order chi connectivity index (χ1) is 33.4. The average molecular weight is 1070 g/mol. The third-order valence-corrected chi connectivity index (χ3v) is 24.0. The number of halogens is 1. The summed E-state index contributed by atoms with van der Waals surface area (Å²) < 4.78 is 33.7. The van der Waals surface area contributed by atoms with Gasteiger partial charge in [-0.15, -0.1) is 0 Å². The monoisotopic (exact) mass is 1070 g/mol. The lowest BCUT2D eigenvalue weighted by molar-refractivity contribution is 0.00578. The van der Waals surface area contributed by atoms with Crippen molar-refractivity contribution in [3.63, 3.8) is 0 Å². The molecule has 6 aromatic heterocycles. The largest absolute Gasteiger partial charge is 0.495 e. The second-order valence-corrected chi connectivity index (χ2v) is 33.4. The van der Waals surface area contributed by atoms with Crippen LogP contribution in [0.25, 0.3) is 44.7 Å². The molecule has 1 aliphatic heterocycles. The van der Waals surface area contributed by atoms with Crippen LogP contribution in [0.15, 0.2) is 102 Å². The first kappa shape index (κ1) is 54.7. The summed E-state index contributed by atoms with van der Waals surface area (Å²) >= 11 is 3.20. The molecule has 0 amide bonds. The van der Waals surface area contributed by atoms with E-state index in [4.69, 9.17) is 33.2 Å². The van der Waals surface area contributed by atoms with Crippen LogP contribution in [0.5, 0.6) is 0 Å². The molecule has 0 unspecified atom stereocenters. The number of rotatable bonds is 10. The Morgan fingerprint density at radius 1 is 0.625 bits per heavy atom. The number of hydrogen-bond donors (Lipinski definition) is 0. The zero-order valence-corrected chi connectivity index (χ0v) is 49.3. The third-order valence-electron chi connectivity index (χ3n) is 14.7. The van der Waals surface area contributed by atoms with Gasteiger partial charge in [-0.2, -0.15) is 20.4 Å². The van der Waals surface area contributed by atoms with Gasteiger partial charge in [0.2, 0.25) is 0 Å². The first-order valence-corrected chi connectivity index (χ1v) is 31.2. The molecule has 18 heteroatoms. The Labute approximate surface area is 437 Å². The SMILES string of the molecule is Cc1cc(-c2ccn(C)n2)c2cnn(-c3cccc(CO[Si](C)(C)C(C)(C)C)n3)c2c1.Cc1cc(B2OC(C)(C)C(C)(C)O2)c2cnn(-c3cccc(CO[Si](C)(C)C(C)(C)C)n3)c2c1.Cn1ccc(Br)n1. The molecular weight excluding hydrogens is 1000 g/mol. The van der Waals surface area contributed by atoms with Crippen molar-refractivity contribution in [2.45, 2.75) is 144 Å². The van der Waals surface area contributed by atoms with Gasteiger partial charge in [0.15, 0.2) is 28.3 Å². The van der Waals surface area contributed by atoms with Gasteiger partial charge in [-0.3, -0.25) is 9.36 Å². The molecule has 14 nitrogen and oxygen atoms in total. The van der Waals surface area contributed by atoms with Gasteiger partial charge in [0.05, 0.1) is 64.9 Å². The smallest absolute Gasteiger partial charge is 0.411 e. The highest BCUT2D eigenvalue weighted by molar-refractivity contribution is 9.10. The molecule has 0 spiro atoms. The first-order valence-electron chi connectivity index (χ1n) is 24.6. The van der Waals surface area contributed by atoms with Crippen LogP contribution in [0.1, 0.15) is 91.8 Å². The fourth-order valence-electron chi connectivity index (χ4n) is 7.53. The van der Waals surface area contributed by atoms with Crippen molar-refractivity contribution < 1.29 is 18.2 Å². The van der Waals surface area contributed by atoms with E-state index >= 15 is 0 Å². The topological polar surface area (TPSA) is 134 Å². The van der Waals surface area contributed by atoms with E-state index in [1.807, 2.05) is 101 Å². The van der Waals surface area contributed by atoms with E-state index in [1.165, 1.54) is 0 Å². The van der Waals surface area contributed by atoms with Gasteiger partial charge < -0.3 is 18.2 Å². The Bertz CT molecular complexity index is 3150. The van der Waals surface area contributed by atoms with E-state index in [0.29, 0.717) is 13.2 Å². The molecule has 1 saturated heterocycles. The Kier molecular flexibility index (Phi) is 15.7. The van der Waals surface area contributed by atoms with Crippen LogP contribution in [0.3, 0.4) is 0 Å². The maximum atomic E-state index is 6.40. The summed E-state index contributed by atoms with van der Waals surface area (Å²) in [4.78, 5) is 9.75. The van der Waals surface area contributed by atoms with Crippen LogP contribution in [0.2, 0.25) is 36.3 Å². The zero-order chi connectivity index (χ0) is 52.8. The van der Waals surface area contributed by atoms with Gasteiger partial charge in [-0.25, -0.2) is 19.3 Å². The molecule has 1 aliphatic rings. The van der Waals surface area contributed by atoms with Gasteiger partial charge >= 0.3 is 7.12 Å². The normalized spacial score (nSPS) is 14.9. The fraction of sp³-hybridized carbons (Fsp3) is 0.444. The second kappa shape index (κ2) is 20.7. The molecule has 7 heterocycles. The molecule has 8 aromatic rings. The molecule has 72 heavy (non-hydrogen) atoms. The minimum atomic E-state index is -1.86. The van der Waals surface area contributed by atoms with Crippen LogP contribution in [0, 0.1) is 13.8 Å². The Hall–Kier alpha value is -5.08. The van der Waals surface area contributed by atoms with Crippen molar-refractivity contribution in [2.24, 2.45) is 14.1 Å². The quantitative estimate of drug-likeness (QED) is 0.122. The lowest BCUT2D eigenvalue weighted by Crippen LogP contribution is -2.41. The highest BCUT2D eigenvalue weighted by Gasteiger charge is 2.52. The van der Waals surface area contributed by atoms with Crippen molar-refractivity contribution in [1.29, 1.82) is 0 Å². The summed E-state index contributed by atoms with van der Waals surface area (Å²) in [6, 6.07) is 24.6. The van der Waals surface area contributed by atoms with E-state index in [9.17, 15) is 0 Å². The van der Waals surface area contributed by atoms with Crippen LogP contribution < -0.4 is 5.46 Å². The number of hydrogen-bond acceptors (Lipinski definition) is 10. The van der Waals surface area contributed by atoms with E-state index in [1.54, 1.807) is 4.68 Å². The molecule has 382 valence electrons. The number of aryl methyl sites for hydroxylation is 4. The summed E-state index contributed by atoms with van der Waals surface area (Å²) in [6.07, 6.45) is 7.63. The van der Waals surface area contributed by atoms with Crippen molar-refractivity contribution in [2.75, 3.05) is 0 Å². The van der Waals surface area contributed by atoms with E-state index in [0.717, 1.165) is 77.3 Å². The summed E-state index contributed by atoms with van der Waals surface area (Å²) in [5.74, 6) is 1.57. The molecule has 0 atom stereocenters. The molecule has 0 saturated carbocycles. The predicted molar refractivity (Wildman–Crippen MR) is 300 cm³/mol.